The molecule has 1 atom stereocenters. The number of carbonyl (C=O) groups is 1. The minimum Gasteiger partial charge on any atom is -0.494 e. The summed E-state index contributed by atoms with van der Waals surface area (Å²) < 4.78 is 5.68. The van der Waals surface area contributed by atoms with Gasteiger partial charge in [-0.2, -0.15) is 0 Å². The highest BCUT2D eigenvalue weighted by molar-refractivity contribution is 14.0. The molecule has 6 nitrogen and oxygen atoms in total. The van der Waals surface area contributed by atoms with E-state index >= 15 is 0 Å². The summed E-state index contributed by atoms with van der Waals surface area (Å²) in [5, 5.41) is 6.70. The summed E-state index contributed by atoms with van der Waals surface area (Å²) >= 11 is 0. The zero-order valence-electron chi connectivity index (χ0n) is 17.4. The van der Waals surface area contributed by atoms with Gasteiger partial charge in [0.2, 0.25) is 5.91 Å². The van der Waals surface area contributed by atoms with Crippen LogP contribution in [0.5, 0.6) is 5.75 Å². The van der Waals surface area contributed by atoms with Crippen LogP contribution in [0.2, 0.25) is 0 Å². The predicted octanol–water partition coefficient (Wildman–Crippen LogP) is 3.55. The second kappa shape index (κ2) is 13.6. The largest absolute Gasteiger partial charge is 0.494 e. The molecule has 158 valence electrons. The van der Waals surface area contributed by atoms with Gasteiger partial charge in [-0.05, 0) is 39.2 Å². The summed E-state index contributed by atoms with van der Waals surface area (Å²) in [5.74, 6) is 1.99. The molecule has 1 heterocycles. The molecule has 1 aromatic carbocycles. The molecule has 0 spiro atoms. The Morgan fingerprint density at radius 3 is 2.68 bits per heavy atom. The van der Waals surface area contributed by atoms with Crippen molar-refractivity contribution in [2.24, 2.45) is 4.99 Å². The maximum atomic E-state index is 12.0. The molecule has 0 radical (unpaired) electrons. The van der Waals surface area contributed by atoms with Crippen molar-refractivity contribution in [1.29, 1.82) is 0 Å². The summed E-state index contributed by atoms with van der Waals surface area (Å²) in [6.45, 7) is 9.91. The Labute approximate surface area is 186 Å². The Morgan fingerprint density at radius 2 is 2.04 bits per heavy atom. The van der Waals surface area contributed by atoms with Gasteiger partial charge >= 0.3 is 0 Å². The molecule has 0 aromatic heterocycles. The Balaban J connectivity index is 0.00000392. The van der Waals surface area contributed by atoms with E-state index in [4.69, 9.17) is 9.73 Å². The van der Waals surface area contributed by atoms with E-state index in [0.717, 1.165) is 56.2 Å². The van der Waals surface area contributed by atoms with Gasteiger partial charge in [0.1, 0.15) is 5.75 Å². The Hall–Kier alpha value is -1.51. The lowest BCUT2D eigenvalue weighted by Crippen LogP contribution is -2.42. The molecular formula is C21H35IN4O2. The summed E-state index contributed by atoms with van der Waals surface area (Å²) in [6, 6.07) is 8.32. The third-order valence-corrected chi connectivity index (χ3v) is 4.82. The van der Waals surface area contributed by atoms with E-state index in [9.17, 15) is 4.79 Å². The number of ether oxygens (including phenoxy) is 1. The average Bonchev–Trinajstić information content (AvgIpc) is 3.10. The number of rotatable bonds is 10. The van der Waals surface area contributed by atoms with Gasteiger partial charge in [0.15, 0.2) is 5.96 Å². The summed E-state index contributed by atoms with van der Waals surface area (Å²) in [6.07, 6.45) is 3.62. The molecule has 2 rings (SSSR count). The van der Waals surface area contributed by atoms with Gasteiger partial charge < -0.3 is 20.3 Å². The lowest BCUT2D eigenvalue weighted by atomic mass is 10.1. The van der Waals surface area contributed by atoms with Crippen LogP contribution in [0.25, 0.3) is 0 Å². The fraction of sp³-hybridized carbons (Fsp3) is 0.619. The third kappa shape index (κ3) is 7.48. The number of halogens is 1. The minimum atomic E-state index is 0. The molecule has 0 aliphatic carbocycles. The van der Waals surface area contributed by atoms with Gasteiger partial charge in [-0.3, -0.25) is 4.79 Å². The van der Waals surface area contributed by atoms with Crippen LogP contribution in [-0.4, -0.2) is 49.0 Å². The van der Waals surface area contributed by atoms with E-state index < -0.39 is 0 Å². The van der Waals surface area contributed by atoms with E-state index in [1.54, 1.807) is 0 Å². The first-order valence-electron chi connectivity index (χ1n) is 10.2. The number of nitrogens with zero attached hydrogens (tertiary/aromatic N) is 2. The molecule has 0 bridgehead atoms. The van der Waals surface area contributed by atoms with Crippen LogP contribution in [0, 0.1) is 0 Å². The second-order valence-corrected chi connectivity index (χ2v) is 6.70. The molecule has 1 aliphatic rings. The first-order chi connectivity index (χ1) is 13.2. The molecule has 1 fully saturated rings. The van der Waals surface area contributed by atoms with Crippen molar-refractivity contribution in [3.63, 3.8) is 0 Å². The Morgan fingerprint density at radius 1 is 1.25 bits per heavy atom. The van der Waals surface area contributed by atoms with Crippen LogP contribution >= 0.6 is 24.0 Å². The number of likely N-dealkylation sites (tertiary alicyclic amines) is 1. The fourth-order valence-electron chi connectivity index (χ4n) is 3.43. The summed E-state index contributed by atoms with van der Waals surface area (Å²) in [7, 11) is 0. The SMILES string of the molecule is CCNC(=NCc1ccccc1OCC)NCCC(CC)N1CCCC1=O.I. The number of amides is 1. The zero-order valence-corrected chi connectivity index (χ0v) is 19.7. The third-order valence-electron chi connectivity index (χ3n) is 4.82. The van der Waals surface area contributed by atoms with E-state index in [1.807, 2.05) is 36.1 Å². The molecule has 0 saturated carbocycles. The number of nitrogens with one attached hydrogen (secondary N) is 2. The van der Waals surface area contributed by atoms with Gasteiger partial charge in [-0.1, -0.05) is 25.1 Å². The van der Waals surface area contributed by atoms with Crippen LogP contribution < -0.4 is 15.4 Å². The van der Waals surface area contributed by atoms with E-state index in [2.05, 4.69) is 24.5 Å². The second-order valence-electron chi connectivity index (χ2n) is 6.70. The van der Waals surface area contributed by atoms with Crippen LogP contribution in [0.3, 0.4) is 0 Å². The topological polar surface area (TPSA) is 66.0 Å². The Bertz CT molecular complexity index is 624. The van der Waals surface area contributed by atoms with Crippen molar-refractivity contribution in [1.82, 2.24) is 15.5 Å². The normalized spacial score (nSPS) is 15.2. The Kier molecular flexibility index (Phi) is 11.9. The monoisotopic (exact) mass is 502 g/mol. The number of para-hydroxylation sites is 1. The number of carbonyl (C=O) groups excluding carboxylic acids is 1. The van der Waals surface area contributed by atoms with Crippen LogP contribution in [-0.2, 0) is 11.3 Å². The van der Waals surface area contributed by atoms with Crippen molar-refractivity contribution < 1.29 is 9.53 Å². The summed E-state index contributed by atoms with van der Waals surface area (Å²) in [5.41, 5.74) is 1.07. The molecule has 1 saturated heterocycles. The van der Waals surface area contributed by atoms with Gasteiger partial charge in [-0.25, -0.2) is 4.99 Å². The molecule has 2 N–H and O–H groups in total. The predicted molar refractivity (Wildman–Crippen MR) is 125 cm³/mol. The lowest BCUT2D eigenvalue weighted by molar-refractivity contribution is -0.129. The average molecular weight is 502 g/mol. The fourth-order valence-corrected chi connectivity index (χ4v) is 3.43. The van der Waals surface area contributed by atoms with Crippen LogP contribution in [0.15, 0.2) is 29.3 Å². The molecule has 28 heavy (non-hydrogen) atoms. The number of benzene rings is 1. The highest BCUT2D eigenvalue weighted by atomic mass is 127. The molecule has 1 aromatic rings. The van der Waals surface area contributed by atoms with Crippen molar-refractivity contribution in [3.8, 4) is 5.75 Å². The van der Waals surface area contributed by atoms with Gasteiger partial charge in [0.25, 0.3) is 0 Å². The quantitative estimate of drug-likeness (QED) is 0.292. The first kappa shape index (κ1) is 24.5. The summed E-state index contributed by atoms with van der Waals surface area (Å²) in [4.78, 5) is 18.7. The number of guanidine groups is 1. The van der Waals surface area contributed by atoms with Gasteiger partial charge in [-0.15, -0.1) is 24.0 Å². The van der Waals surface area contributed by atoms with E-state index in [0.29, 0.717) is 31.5 Å². The smallest absolute Gasteiger partial charge is 0.222 e. The van der Waals surface area contributed by atoms with Crippen molar-refractivity contribution in [2.75, 3.05) is 26.2 Å². The van der Waals surface area contributed by atoms with Crippen LogP contribution in [0.4, 0.5) is 0 Å². The number of hydrogen-bond acceptors (Lipinski definition) is 3. The van der Waals surface area contributed by atoms with Gasteiger partial charge in [0.05, 0.1) is 13.2 Å². The van der Waals surface area contributed by atoms with Crippen LogP contribution in [0.1, 0.15) is 52.0 Å². The molecule has 1 amide bonds. The first-order valence-corrected chi connectivity index (χ1v) is 10.2. The molecule has 1 unspecified atom stereocenters. The molecule has 7 heteroatoms. The maximum absolute atomic E-state index is 12.0. The minimum absolute atomic E-state index is 0. The van der Waals surface area contributed by atoms with Crippen molar-refractivity contribution in [3.05, 3.63) is 29.8 Å². The van der Waals surface area contributed by atoms with Gasteiger partial charge in [0, 0.05) is 37.7 Å². The standard InChI is InChI=1S/C21H34N4O2.HI/c1-4-18(25-15-9-12-20(25)26)13-14-23-21(22-5-2)24-16-17-10-7-8-11-19(17)27-6-3;/h7-8,10-11,18H,4-6,9,12-16H2,1-3H3,(H2,22,23,24);1H. The molecule has 1 aliphatic heterocycles. The highest BCUT2D eigenvalue weighted by Crippen LogP contribution is 2.19. The number of hydrogen-bond donors (Lipinski definition) is 2. The molecular weight excluding hydrogens is 467 g/mol. The maximum Gasteiger partial charge on any atom is 0.222 e. The van der Waals surface area contributed by atoms with E-state index in [-0.39, 0.29) is 24.0 Å². The zero-order chi connectivity index (χ0) is 19.5. The lowest BCUT2D eigenvalue weighted by Gasteiger charge is -2.27. The van der Waals surface area contributed by atoms with Crippen molar-refractivity contribution >= 4 is 35.8 Å². The number of aliphatic imine (C=N–C) groups is 1. The van der Waals surface area contributed by atoms with Crippen molar-refractivity contribution in [2.45, 2.75) is 59.0 Å². The highest BCUT2D eigenvalue weighted by Gasteiger charge is 2.26. The van der Waals surface area contributed by atoms with E-state index in [1.165, 1.54) is 0 Å².